The highest BCUT2D eigenvalue weighted by Gasteiger charge is 1.88. The Balaban J connectivity index is 3.55. The van der Waals surface area contributed by atoms with Gasteiger partial charge in [0, 0.05) is 12.4 Å². The van der Waals surface area contributed by atoms with Crippen molar-refractivity contribution in [1.82, 2.24) is 0 Å². The number of allylic oxidation sites excluding steroid dienone is 2. The normalized spacial score (nSPS) is 12.0. The monoisotopic (exact) mass is 193 g/mol. The highest BCUT2D eigenvalue weighted by Crippen LogP contribution is 2.03. The summed E-state index contributed by atoms with van der Waals surface area (Å²) in [5.74, 6) is 0.777. The Morgan fingerprint density at radius 3 is 2.71 bits per heavy atom. The summed E-state index contributed by atoms with van der Waals surface area (Å²) in [6, 6.07) is 0. The van der Waals surface area contributed by atoms with Crippen molar-refractivity contribution in [3.8, 4) is 0 Å². The van der Waals surface area contributed by atoms with Crippen molar-refractivity contribution in [3.63, 3.8) is 0 Å². The van der Waals surface area contributed by atoms with Gasteiger partial charge in [0.2, 0.25) is 0 Å². The first-order chi connectivity index (χ1) is 6.66. The van der Waals surface area contributed by atoms with Crippen LogP contribution in [0, 0.1) is 5.92 Å². The van der Waals surface area contributed by atoms with Gasteiger partial charge in [0.15, 0.2) is 0 Å². The van der Waals surface area contributed by atoms with Crippen LogP contribution in [-0.2, 0) is 0 Å². The topological polar surface area (TPSA) is 12.4 Å². The molecule has 0 radical (unpaired) electrons. The first-order valence-electron chi connectivity index (χ1n) is 5.52. The maximum atomic E-state index is 4.18. The zero-order valence-electron chi connectivity index (χ0n) is 9.79. The molecule has 0 bridgehead atoms. The molecule has 0 amide bonds. The average molecular weight is 193 g/mol. The molecule has 0 saturated heterocycles. The number of hydrogen-bond acceptors (Lipinski definition) is 1. The third-order valence-electron chi connectivity index (χ3n) is 1.93. The van der Waals surface area contributed by atoms with Crippen LogP contribution in [0.15, 0.2) is 29.4 Å². The van der Waals surface area contributed by atoms with Crippen LogP contribution in [0.1, 0.15) is 46.5 Å². The van der Waals surface area contributed by atoms with E-state index in [0.29, 0.717) is 0 Å². The van der Waals surface area contributed by atoms with Crippen LogP contribution in [0.3, 0.4) is 0 Å². The molecule has 0 saturated carbocycles. The average Bonchev–Trinajstić information content (AvgIpc) is 2.11. The first-order valence-corrected chi connectivity index (χ1v) is 5.52. The van der Waals surface area contributed by atoms with Crippen LogP contribution in [0.2, 0.25) is 0 Å². The van der Waals surface area contributed by atoms with Gasteiger partial charge < -0.3 is 0 Å². The largest absolute Gasteiger partial charge is 0.265 e. The molecule has 14 heavy (non-hydrogen) atoms. The van der Waals surface area contributed by atoms with Gasteiger partial charge >= 0.3 is 0 Å². The van der Waals surface area contributed by atoms with Crippen LogP contribution >= 0.6 is 0 Å². The maximum Gasteiger partial charge on any atom is 0.0293 e. The van der Waals surface area contributed by atoms with Gasteiger partial charge in [0.1, 0.15) is 0 Å². The molecule has 0 unspecified atom stereocenters. The van der Waals surface area contributed by atoms with E-state index in [4.69, 9.17) is 0 Å². The second-order valence-corrected chi connectivity index (χ2v) is 4.04. The second kappa shape index (κ2) is 8.74. The van der Waals surface area contributed by atoms with Crippen molar-refractivity contribution in [2.45, 2.75) is 46.5 Å². The van der Waals surface area contributed by atoms with Gasteiger partial charge in [-0.05, 0) is 30.8 Å². The summed E-state index contributed by atoms with van der Waals surface area (Å²) in [6.07, 6.45) is 10.4. The van der Waals surface area contributed by atoms with Gasteiger partial charge in [-0.1, -0.05) is 39.8 Å². The molecule has 0 fully saturated rings. The van der Waals surface area contributed by atoms with Crippen molar-refractivity contribution >= 4 is 6.21 Å². The van der Waals surface area contributed by atoms with Crippen molar-refractivity contribution in [1.29, 1.82) is 0 Å². The fourth-order valence-corrected chi connectivity index (χ4v) is 1.10. The molecular formula is C13H23N. The minimum absolute atomic E-state index is 0.777. The molecule has 1 heteroatoms. The van der Waals surface area contributed by atoms with Gasteiger partial charge in [-0.15, -0.1) is 0 Å². The number of aliphatic imine (C=N–C) groups is 1. The molecule has 0 spiro atoms. The van der Waals surface area contributed by atoms with E-state index in [0.717, 1.165) is 30.8 Å². The summed E-state index contributed by atoms with van der Waals surface area (Å²) < 4.78 is 0. The number of nitrogens with zero attached hydrogens (tertiary/aromatic N) is 1. The first kappa shape index (κ1) is 13.2. The Morgan fingerprint density at radius 1 is 1.43 bits per heavy atom. The minimum atomic E-state index is 0.777. The lowest BCUT2D eigenvalue weighted by Gasteiger charge is -1.97. The van der Waals surface area contributed by atoms with Crippen molar-refractivity contribution in [2.24, 2.45) is 10.9 Å². The van der Waals surface area contributed by atoms with E-state index >= 15 is 0 Å². The number of rotatable bonds is 7. The van der Waals surface area contributed by atoms with Crippen LogP contribution in [0.5, 0.6) is 0 Å². The van der Waals surface area contributed by atoms with Crippen LogP contribution in [0.25, 0.3) is 0 Å². The molecule has 0 aliphatic rings. The van der Waals surface area contributed by atoms with Crippen LogP contribution in [-0.4, -0.2) is 6.21 Å². The molecule has 0 aromatic carbocycles. The lowest BCUT2D eigenvalue weighted by Crippen LogP contribution is -1.83. The van der Waals surface area contributed by atoms with E-state index in [1.807, 2.05) is 12.4 Å². The van der Waals surface area contributed by atoms with E-state index in [9.17, 15) is 0 Å². The second-order valence-electron chi connectivity index (χ2n) is 4.04. The zero-order chi connectivity index (χ0) is 10.8. The molecule has 0 atom stereocenters. The fourth-order valence-electron chi connectivity index (χ4n) is 1.10. The Labute approximate surface area is 88.6 Å². The standard InChI is InChI=1S/C13H23N/c1-5-8-13(4)11-14-10-7-6-9-12(2)3/h7,10-12H,4-6,8-9H2,1-3H3/b10-7-,14-11?. The summed E-state index contributed by atoms with van der Waals surface area (Å²) in [5, 5.41) is 0. The zero-order valence-corrected chi connectivity index (χ0v) is 9.79. The predicted molar refractivity (Wildman–Crippen MR) is 65.8 cm³/mol. The lowest BCUT2D eigenvalue weighted by atomic mass is 10.1. The molecule has 0 aromatic heterocycles. The molecule has 0 aromatic rings. The smallest absolute Gasteiger partial charge is 0.0293 e. The van der Waals surface area contributed by atoms with Crippen molar-refractivity contribution < 1.29 is 0 Å². The maximum absolute atomic E-state index is 4.18. The summed E-state index contributed by atoms with van der Waals surface area (Å²) in [7, 11) is 0. The fraction of sp³-hybridized carbons (Fsp3) is 0.615. The Morgan fingerprint density at radius 2 is 2.14 bits per heavy atom. The summed E-state index contributed by atoms with van der Waals surface area (Å²) in [5.41, 5.74) is 1.11. The van der Waals surface area contributed by atoms with Crippen molar-refractivity contribution in [3.05, 3.63) is 24.4 Å². The van der Waals surface area contributed by atoms with E-state index in [1.54, 1.807) is 0 Å². The quantitative estimate of drug-likeness (QED) is 0.533. The number of hydrogen-bond donors (Lipinski definition) is 0. The molecule has 1 nitrogen and oxygen atoms in total. The minimum Gasteiger partial charge on any atom is -0.265 e. The van der Waals surface area contributed by atoms with Gasteiger partial charge in [-0.3, -0.25) is 4.99 Å². The lowest BCUT2D eigenvalue weighted by molar-refractivity contribution is 0.594. The summed E-state index contributed by atoms with van der Waals surface area (Å²) in [4.78, 5) is 4.18. The van der Waals surface area contributed by atoms with Crippen molar-refractivity contribution in [2.75, 3.05) is 0 Å². The van der Waals surface area contributed by atoms with Crippen LogP contribution < -0.4 is 0 Å². The van der Waals surface area contributed by atoms with E-state index in [2.05, 4.69) is 38.4 Å². The molecule has 0 heterocycles. The van der Waals surface area contributed by atoms with E-state index in [-0.39, 0.29) is 0 Å². The van der Waals surface area contributed by atoms with E-state index < -0.39 is 0 Å². The summed E-state index contributed by atoms with van der Waals surface area (Å²) >= 11 is 0. The highest BCUT2D eigenvalue weighted by molar-refractivity contribution is 5.77. The Kier molecular flexibility index (Phi) is 8.20. The molecule has 80 valence electrons. The van der Waals surface area contributed by atoms with Gasteiger partial charge in [0.05, 0.1) is 0 Å². The third kappa shape index (κ3) is 9.24. The molecule has 0 rings (SSSR count). The molecule has 0 N–H and O–H groups in total. The van der Waals surface area contributed by atoms with E-state index in [1.165, 1.54) is 6.42 Å². The predicted octanol–water partition coefficient (Wildman–Crippen LogP) is 4.36. The van der Waals surface area contributed by atoms with Gasteiger partial charge in [-0.2, -0.15) is 0 Å². The Bertz CT molecular complexity index is 199. The summed E-state index contributed by atoms with van der Waals surface area (Å²) in [6.45, 7) is 10.5. The molecular weight excluding hydrogens is 170 g/mol. The van der Waals surface area contributed by atoms with Gasteiger partial charge in [-0.25, -0.2) is 0 Å². The Hall–Kier alpha value is -0.850. The van der Waals surface area contributed by atoms with Gasteiger partial charge in [0.25, 0.3) is 0 Å². The highest BCUT2D eigenvalue weighted by atomic mass is 14.7. The molecule has 0 aliphatic carbocycles. The van der Waals surface area contributed by atoms with Crippen LogP contribution in [0.4, 0.5) is 0 Å². The third-order valence-corrected chi connectivity index (χ3v) is 1.93. The SMILES string of the molecule is C=C(C=N/C=C\CCC(C)C)CCC. The molecule has 0 aliphatic heterocycles.